The van der Waals surface area contributed by atoms with E-state index in [1.165, 1.54) is 6.20 Å². The number of carbonyl (C=O) groups excluding carboxylic acids is 2. The molecule has 1 heterocycles. The molecule has 0 radical (unpaired) electrons. The Balaban J connectivity index is 2.71. The lowest BCUT2D eigenvalue weighted by Crippen LogP contribution is -1.97. The van der Waals surface area contributed by atoms with E-state index in [0.717, 1.165) is 11.8 Å². The van der Waals surface area contributed by atoms with Crippen LogP contribution < -0.4 is 0 Å². The summed E-state index contributed by atoms with van der Waals surface area (Å²) in [6, 6.07) is 10.9. The molecule has 0 spiro atoms. The van der Waals surface area contributed by atoms with Gasteiger partial charge in [-0.1, -0.05) is 30.3 Å². The van der Waals surface area contributed by atoms with Gasteiger partial charge in [0.2, 0.25) is 0 Å². The molecule has 78 valence electrons. The van der Waals surface area contributed by atoms with Crippen LogP contribution in [-0.4, -0.2) is 17.6 Å². The van der Waals surface area contributed by atoms with E-state index in [1.54, 1.807) is 6.07 Å². The van der Waals surface area contributed by atoms with Gasteiger partial charge in [-0.05, 0) is 11.6 Å². The van der Waals surface area contributed by atoms with Gasteiger partial charge < -0.3 is 0 Å². The van der Waals surface area contributed by atoms with Crippen molar-refractivity contribution < 1.29 is 9.59 Å². The molecule has 2 rings (SSSR count). The van der Waals surface area contributed by atoms with Gasteiger partial charge in [-0.25, -0.2) is 0 Å². The van der Waals surface area contributed by atoms with Crippen molar-refractivity contribution in [1.82, 2.24) is 4.98 Å². The van der Waals surface area contributed by atoms with Crippen LogP contribution in [0.25, 0.3) is 11.1 Å². The molecule has 0 saturated heterocycles. The Kier molecular flexibility index (Phi) is 2.87. The van der Waals surface area contributed by atoms with Crippen molar-refractivity contribution in [3.05, 3.63) is 53.9 Å². The van der Waals surface area contributed by atoms with Crippen molar-refractivity contribution in [2.75, 3.05) is 0 Å². The summed E-state index contributed by atoms with van der Waals surface area (Å²) in [6.07, 6.45) is 2.85. The first-order valence-electron chi connectivity index (χ1n) is 4.81. The van der Waals surface area contributed by atoms with Crippen molar-refractivity contribution in [2.45, 2.75) is 0 Å². The minimum atomic E-state index is 0.288. The van der Waals surface area contributed by atoms with Crippen molar-refractivity contribution in [1.29, 1.82) is 0 Å². The van der Waals surface area contributed by atoms with E-state index >= 15 is 0 Å². The number of rotatable bonds is 3. The normalized spacial score (nSPS) is 9.75. The number of aromatic nitrogens is 1. The molecule has 0 aliphatic rings. The highest BCUT2D eigenvalue weighted by atomic mass is 16.1. The smallest absolute Gasteiger partial charge is 0.169 e. The molecule has 0 saturated carbocycles. The molecule has 3 nitrogen and oxygen atoms in total. The van der Waals surface area contributed by atoms with Crippen LogP contribution >= 0.6 is 0 Å². The van der Waals surface area contributed by atoms with E-state index in [1.807, 2.05) is 30.3 Å². The second-order valence-corrected chi connectivity index (χ2v) is 3.26. The second-order valence-electron chi connectivity index (χ2n) is 3.26. The van der Waals surface area contributed by atoms with Crippen molar-refractivity contribution >= 4 is 12.6 Å². The van der Waals surface area contributed by atoms with Gasteiger partial charge in [0.25, 0.3) is 0 Å². The SMILES string of the molecule is O=Cc1ccnc(C=O)c1-c1ccccc1. The first-order valence-corrected chi connectivity index (χ1v) is 4.81. The highest BCUT2D eigenvalue weighted by molar-refractivity contribution is 5.95. The van der Waals surface area contributed by atoms with Crippen molar-refractivity contribution in [3.8, 4) is 11.1 Å². The number of hydrogen-bond acceptors (Lipinski definition) is 3. The van der Waals surface area contributed by atoms with Crippen LogP contribution in [-0.2, 0) is 0 Å². The van der Waals surface area contributed by atoms with Crippen LogP contribution in [0.1, 0.15) is 20.8 Å². The third-order valence-electron chi connectivity index (χ3n) is 2.31. The van der Waals surface area contributed by atoms with Crippen LogP contribution in [0.2, 0.25) is 0 Å². The summed E-state index contributed by atoms with van der Waals surface area (Å²) in [5.41, 5.74) is 2.17. The summed E-state index contributed by atoms with van der Waals surface area (Å²) in [4.78, 5) is 25.8. The molecule has 1 aromatic heterocycles. The Bertz CT molecular complexity index is 494. The zero-order valence-corrected chi connectivity index (χ0v) is 8.46. The molecule has 0 unspecified atom stereocenters. The number of carbonyl (C=O) groups is 2. The molecule has 16 heavy (non-hydrogen) atoms. The van der Waals surface area contributed by atoms with Crippen LogP contribution in [0, 0.1) is 0 Å². The Morgan fingerprint density at radius 1 is 0.938 bits per heavy atom. The molecule has 0 aliphatic carbocycles. The Hall–Kier alpha value is -2.29. The average Bonchev–Trinajstić information content (AvgIpc) is 2.38. The minimum absolute atomic E-state index is 0.288. The lowest BCUT2D eigenvalue weighted by atomic mass is 9.99. The molecule has 0 amide bonds. The van der Waals surface area contributed by atoms with Crippen molar-refractivity contribution in [3.63, 3.8) is 0 Å². The zero-order valence-electron chi connectivity index (χ0n) is 8.46. The largest absolute Gasteiger partial charge is 0.298 e. The molecule has 0 N–H and O–H groups in total. The second kappa shape index (κ2) is 4.49. The van der Waals surface area contributed by atoms with E-state index in [9.17, 15) is 9.59 Å². The van der Waals surface area contributed by atoms with Gasteiger partial charge in [0, 0.05) is 17.3 Å². The molecule has 1 aromatic carbocycles. The number of aldehydes is 2. The van der Waals surface area contributed by atoms with E-state index in [-0.39, 0.29) is 5.69 Å². The predicted octanol–water partition coefficient (Wildman–Crippen LogP) is 2.37. The molecule has 0 fully saturated rings. The fourth-order valence-corrected chi connectivity index (χ4v) is 1.60. The summed E-state index contributed by atoms with van der Waals surface area (Å²) in [5.74, 6) is 0. The quantitative estimate of drug-likeness (QED) is 0.732. The zero-order chi connectivity index (χ0) is 11.4. The molecule has 0 bridgehead atoms. The van der Waals surface area contributed by atoms with E-state index in [0.29, 0.717) is 17.4 Å². The van der Waals surface area contributed by atoms with Crippen LogP contribution in [0.3, 0.4) is 0 Å². The van der Waals surface area contributed by atoms with Gasteiger partial charge in [0.15, 0.2) is 12.6 Å². The number of nitrogens with zero attached hydrogens (tertiary/aromatic N) is 1. The summed E-state index contributed by atoms with van der Waals surface area (Å²) >= 11 is 0. The number of pyridine rings is 1. The fraction of sp³-hybridized carbons (Fsp3) is 0. The average molecular weight is 211 g/mol. The van der Waals surface area contributed by atoms with E-state index < -0.39 is 0 Å². The molecule has 3 heteroatoms. The van der Waals surface area contributed by atoms with Gasteiger partial charge >= 0.3 is 0 Å². The van der Waals surface area contributed by atoms with E-state index in [4.69, 9.17) is 0 Å². The molecule has 0 atom stereocenters. The van der Waals surface area contributed by atoms with Crippen LogP contribution in [0.5, 0.6) is 0 Å². The summed E-state index contributed by atoms with van der Waals surface area (Å²) < 4.78 is 0. The monoisotopic (exact) mass is 211 g/mol. The maximum Gasteiger partial charge on any atom is 0.169 e. The Morgan fingerprint density at radius 2 is 1.69 bits per heavy atom. The molecule has 2 aromatic rings. The molecular formula is C13H9NO2. The van der Waals surface area contributed by atoms with Crippen molar-refractivity contribution in [2.24, 2.45) is 0 Å². The third-order valence-corrected chi connectivity index (χ3v) is 2.31. The third kappa shape index (κ3) is 1.75. The first-order chi connectivity index (χ1) is 7.86. The fourth-order valence-electron chi connectivity index (χ4n) is 1.60. The number of benzene rings is 1. The maximum absolute atomic E-state index is 10.9. The van der Waals surface area contributed by atoms with E-state index in [2.05, 4.69) is 4.98 Å². The highest BCUT2D eigenvalue weighted by Crippen LogP contribution is 2.24. The minimum Gasteiger partial charge on any atom is -0.298 e. The van der Waals surface area contributed by atoms with Gasteiger partial charge in [-0.2, -0.15) is 0 Å². The van der Waals surface area contributed by atoms with Crippen LogP contribution in [0.4, 0.5) is 0 Å². The Morgan fingerprint density at radius 3 is 2.31 bits per heavy atom. The van der Waals surface area contributed by atoms with Gasteiger partial charge in [-0.3, -0.25) is 14.6 Å². The summed E-state index contributed by atoms with van der Waals surface area (Å²) in [7, 11) is 0. The van der Waals surface area contributed by atoms with Gasteiger partial charge in [0.1, 0.15) is 5.69 Å². The predicted molar refractivity (Wildman–Crippen MR) is 60.4 cm³/mol. The molecular weight excluding hydrogens is 202 g/mol. The standard InChI is InChI=1S/C13H9NO2/c15-8-11-6-7-14-12(9-16)13(11)10-4-2-1-3-5-10/h1-9H. The summed E-state index contributed by atoms with van der Waals surface area (Å²) in [6.45, 7) is 0. The van der Waals surface area contributed by atoms with Crippen LogP contribution in [0.15, 0.2) is 42.6 Å². The van der Waals surface area contributed by atoms with Gasteiger partial charge in [0.05, 0.1) is 0 Å². The first kappa shape index (κ1) is 10.2. The lowest BCUT2D eigenvalue weighted by Gasteiger charge is -2.06. The summed E-state index contributed by atoms with van der Waals surface area (Å²) in [5, 5.41) is 0. The molecule has 0 aliphatic heterocycles. The topological polar surface area (TPSA) is 47.0 Å². The highest BCUT2D eigenvalue weighted by Gasteiger charge is 2.10. The van der Waals surface area contributed by atoms with Gasteiger partial charge in [-0.15, -0.1) is 0 Å². The Labute approximate surface area is 92.8 Å². The number of hydrogen-bond donors (Lipinski definition) is 0. The lowest BCUT2D eigenvalue weighted by molar-refractivity contribution is 0.111. The maximum atomic E-state index is 10.9.